The van der Waals surface area contributed by atoms with Crippen LogP contribution in [0.15, 0.2) is 5.03 Å². The highest BCUT2D eigenvalue weighted by atomic mass is 32.2. The third kappa shape index (κ3) is 2.99. The first-order valence-electron chi connectivity index (χ1n) is 7.83. The predicted molar refractivity (Wildman–Crippen MR) is 92.8 cm³/mol. The van der Waals surface area contributed by atoms with E-state index in [1.807, 2.05) is 13.8 Å². The Bertz CT molecular complexity index is 711. The molecule has 118 valence electrons. The molecular weight excluding hydrogens is 314 g/mol. The zero-order valence-electron chi connectivity index (χ0n) is 13.2. The molecule has 6 heteroatoms. The fraction of sp³-hybridized carbons (Fsp3) is 0.562. The topological polar surface area (TPSA) is 54.9 Å². The van der Waals surface area contributed by atoms with Gasteiger partial charge in [-0.3, -0.25) is 4.79 Å². The molecule has 2 heterocycles. The number of thioether (sulfide) groups is 1. The second kappa shape index (κ2) is 6.54. The van der Waals surface area contributed by atoms with Crippen LogP contribution in [0.25, 0.3) is 10.2 Å². The molecule has 0 radical (unpaired) electrons. The number of carbonyl (C=O) groups is 1. The lowest BCUT2D eigenvalue weighted by atomic mass is 10.2. The second-order valence-electron chi connectivity index (χ2n) is 5.66. The van der Waals surface area contributed by atoms with Crippen molar-refractivity contribution in [3.63, 3.8) is 0 Å². The van der Waals surface area contributed by atoms with Crippen LogP contribution in [-0.2, 0) is 17.6 Å². The molecule has 0 bridgehead atoms. The summed E-state index contributed by atoms with van der Waals surface area (Å²) in [5, 5.41) is 4.99. The fourth-order valence-electron chi connectivity index (χ4n) is 2.76. The van der Waals surface area contributed by atoms with Crippen LogP contribution in [0, 0.1) is 6.92 Å². The van der Waals surface area contributed by atoms with Gasteiger partial charge in [0, 0.05) is 16.8 Å². The van der Waals surface area contributed by atoms with Gasteiger partial charge in [0.05, 0.1) is 5.25 Å². The minimum atomic E-state index is -0.138. The monoisotopic (exact) mass is 335 g/mol. The zero-order valence-corrected chi connectivity index (χ0v) is 14.9. The minimum absolute atomic E-state index is 0.0862. The second-order valence-corrected chi connectivity index (χ2v) is 8.08. The Morgan fingerprint density at radius 1 is 1.41 bits per heavy atom. The molecule has 1 atom stereocenters. The smallest absolute Gasteiger partial charge is 0.233 e. The Morgan fingerprint density at radius 2 is 2.23 bits per heavy atom. The molecule has 4 nitrogen and oxygen atoms in total. The number of hydrogen-bond donors (Lipinski definition) is 1. The van der Waals surface area contributed by atoms with Crippen molar-refractivity contribution in [1.29, 1.82) is 0 Å². The lowest BCUT2D eigenvalue weighted by Crippen LogP contribution is -2.31. The van der Waals surface area contributed by atoms with Gasteiger partial charge in [0.1, 0.15) is 15.7 Å². The number of nitrogens with zero attached hydrogens (tertiary/aromatic N) is 2. The van der Waals surface area contributed by atoms with Crippen LogP contribution >= 0.6 is 23.1 Å². The summed E-state index contributed by atoms with van der Waals surface area (Å²) in [4.78, 5) is 23.9. The van der Waals surface area contributed by atoms with Gasteiger partial charge in [-0.1, -0.05) is 18.7 Å². The average molecular weight is 335 g/mol. The molecule has 1 aliphatic carbocycles. The van der Waals surface area contributed by atoms with Gasteiger partial charge < -0.3 is 5.32 Å². The number of amides is 1. The van der Waals surface area contributed by atoms with Crippen LogP contribution in [0.2, 0.25) is 0 Å². The van der Waals surface area contributed by atoms with Gasteiger partial charge in [-0.25, -0.2) is 9.97 Å². The predicted octanol–water partition coefficient (Wildman–Crippen LogP) is 3.50. The number of rotatable bonds is 5. The average Bonchev–Trinajstić information content (AvgIpc) is 3.04. The van der Waals surface area contributed by atoms with Crippen molar-refractivity contribution in [3.05, 3.63) is 16.3 Å². The third-order valence-corrected chi connectivity index (χ3v) is 6.12. The first kappa shape index (κ1) is 15.7. The molecule has 0 saturated heterocycles. The molecule has 2 aromatic heterocycles. The van der Waals surface area contributed by atoms with Gasteiger partial charge in [-0.15, -0.1) is 11.3 Å². The van der Waals surface area contributed by atoms with Crippen LogP contribution < -0.4 is 5.32 Å². The van der Waals surface area contributed by atoms with Gasteiger partial charge in [-0.2, -0.15) is 0 Å². The van der Waals surface area contributed by atoms with E-state index in [2.05, 4.69) is 22.2 Å². The molecule has 0 aromatic carbocycles. The number of hydrogen-bond acceptors (Lipinski definition) is 5. The van der Waals surface area contributed by atoms with Crippen molar-refractivity contribution in [2.24, 2.45) is 0 Å². The highest BCUT2D eigenvalue weighted by Crippen LogP contribution is 2.41. The van der Waals surface area contributed by atoms with E-state index in [9.17, 15) is 4.79 Å². The van der Waals surface area contributed by atoms with E-state index < -0.39 is 0 Å². The van der Waals surface area contributed by atoms with E-state index in [1.54, 1.807) is 23.1 Å². The third-order valence-electron chi connectivity index (χ3n) is 3.85. The van der Waals surface area contributed by atoms with Gasteiger partial charge >= 0.3 is 0 Å². The van der Waals surface area contributed by atoms with Gasteiger partial charge in [-0.05, 0) is 45.1 Å². The number of aromatic nitrogens is 2. The molecule has 0 aliphatic heterocycles. The van der Waals surface area contributed by atoms with Gasteiger partial charge in [0.15, 0.2) is 0 Å². The van der Waals surface area contributed by atoms with Crippen molar-refractivity contribution in [3.8, 4) is 0 Å². The van der Waals surface area contributed by atoms with Gasteiger partial charge in [0.2, 0.25) is 5.91 Å². The largest absolute Gasteiger partial charge is 0.355 e. The highest BCUT2D eigenvalue weighted by molar-refractivity contribution is 8.00. The SMILES string of the molecule is CCCNC(=O)[C@H](C)Sc1nc(C)nc2sc3c(c12)CCC3. The Kier molecular flexibility index (Phi) is 4.68. The summed E-state index contributed by atoms with van der Waals surface area (Å²) in [5.74, 6) is 0.874. The number of aryl methyl sites for hydroxylation is 3. The van der Waals surface area contributed by atoms with Crippen molar-refractivity contribution in [2.75, 3.05) is 6.54 Å². The number of thiophene rings is 1. The number of carbonyl (C=O) groups excluding carboxylic acids is 1. The molecule has 0 unspecified atom stereocenters. The minimum Gasteiger partial charge on any atom is -0.355 e. The standard InChI is InChI=1S/C16H21N3OS2/c1-4-8-17-14(20)9(2)21-15-13-11-6-5-7-12(11)22-16(13)19-10(3)18-15/h9H,4-8H2,1-3H3,(H,17,20)/t9-/m0/s1. The van der Waals surface area contributed by atoms with Crippen molar-refractivity contribution >= 4 is 39.2 Å². The van der Waals surface area contributed by atoms with E-state index in [4.69, 9.17) is 0 Å². The lowest BCUT2D eigenvalue weighted by molar-refractivity contribution is -0.120. The Labute approximate surface area is 139 Å². The van der Waals surface area contributed by atoms with E-state index in [1.165, 1.54) is 22.2 Å². The summed E-state index contributed by atoms with van der Waals surface area (Å²) in [5.41, 5.74) is 1.42. The summed E-state index contributed by atoms with van der Waals surface area (Å²) in [6.45, 7) is 6.67. The highest BCUT2D eigenvalue weighted by Gasteiger charge is 2.24. The summed E-state index contributed by atoms with van der Waals surface area (Å²) >= 11 is 3.36. The number of nitrogens with one attached hydrogen (secondary N) is 1. The van der Waals surface area contributed by atoms with E-state index in [-0.39, 0.29) is 11.2 Å². The maximum Gasteiger partial charge on any atom is 0.233 e. The summed E-state index contributed by atoms with van der Waals surface area (Å²) in [6, 6.07) is 0. The summed E-state index contributed by atoms with van der Waals surface area (Å²) in [6.07, 6.45) is 4.46. The number of fused-ring (bicyclic) bond motifs is 3. The van der Waals surface area contributed by atoms with Crippen molar-refractivity contribution < 1.29 is 4.79 Å². The maximum absolute atomic E-state index is 12.1. The zero-order chi connectivity index (χ0) is 15.7. The molecule has 1 amide bonds. The quantitative estimate of drug-likeness (QED) is 0.671. The molecule has 22 heavy (non-hydrogen) atoms. The lowest BCUT2D eigenvalue weighted by Gasteiger charge is -2.12. The van der Waals surface area contributed by atoms with Crippen LogP contribution in [0.4, 0.5) is 0 Å². The molecule has 1 N–H and O–H groups in total. The molecule has 1 aliphatic rings. The fourth-order valence-corrected chi connectivity index (χ4v) is 5.18. The van der Waals surface area contributed by atoms with E-state index in [0.717, 1.165) is 41.5 Å². The Morgan fingerprint density at radius 3 is 3.00 bits per heavy atom. The normalized spacial score (nSPS) is 15.0. The first-order chi connectivity index (χ1) is 10.6. The molecule has 2 aromatic rings. The van der Waals surface area contributed by atoms with Gasteiger partial charge in [0.25, 0.3) is 0 Å². The van der Waals surface area contributed by atoms with Crippen LogP contribution in [-0.4, -0.2) is 27.7 Å². The Hall–Kier alpha value is -1.14. The van der Waals surface area contributed by atoms with Crippen molar-refractivity contribution in [2.45, 2.75) is 56.7 Å². The van der Waals surface area contributed by atoms with Crippen LogP contribution in [0.5, 0.6) is 0 Å². The van der Waals surface area contributed by atoms with Crippen LogP contribution in [0.3, 0.4) is 0 Å². The Balaban J connectivity index is 1.91. The molecule has 0 saturated carbocycles. The van der Waals surface area contributed by atoms with Crippen LogP contribution in [0.1, 0.15) is 43.0 Å². The molecular formula is C16H21N3OS2. The first-order valence-corrected chi connectivity index (χ1v) is 9.53. The van der Waals surface area contributed by atoms with E-state index >= 15 is 0 Å². The summed E-state index contributed by atoms with van der Waals surface area (Å²) < 4.78 is 0. The maximum atomic E-state index is 12.1. The summed E-state index contributed by atoms with van der Waals surface area (Å²) in [7, 11) is 0. The van der Waals surface area contributed by atoms with Crippen molar-refractivity contribution in [1.82, 2.24) is 15.3 Å². The molecule has 3 rings (SSSR count). The molecule has 0 spiro atoms. The van der Waals surface area contributed by atoms with E-state index in [0.29, 0.717) is 0 Å². The molecule has 0 fully saturated rings.